The van der Waals surface area contributed by atoms with Crippen molar-refractivity contribution in [2.75, 3.05) is 0 Å². The average molecular weight is 364 g/mol. The summed E-state index contributed by atoms with van der Waals surface area (Å²) in [6, 6.07) is 0. The number of hydrogen-bond acceptors (Lipinski definition) is 4. The molecule has 0 amide bonds. The molecule has 0 aliphatic heterocycles. The normalized spacial score (nSPS) is 12.0. The second-order valence-electron chi connectivity index (χ2n) is 5.25. The van der Waals surface area contributed by atoms with Crippen LogP contribution in [0.25, 0.3) is 10.2 Å². The van der Waals surface area contributed by atoms with Crippen LogP contribution in [0.5, 0.6) is 0 Å². The Bertz CT molecular complexity index is 908. The summed E-state index contributed by atoms with van der Waals surface area (Å²) < 4.78 is 39.4. The lowest BCUT2D eigenvalue weighted by Crippen LogP contribution is -2.39. The van der Waals surface area contributed by atoms with E-state index in [-0.39, 0.29) is 23.2 Å². The summed E-state index contributed by atoms with van der Waals surface area (Å²) in [5, 5.41) is 9.04. The minimum Gasteiger partial charge on any atom is -0.481 e. The Morgan fingerprint density at radius 3 is 2.38 bits per heavy atom. The van der Waals surface area contributed by atoms with E-state index < -0.39 is 36.4 Å². The first-order valence-corrected chi connectivity index (χ1v) is 7.92. The Balaban J connectivity index is 2.77. The van der Waals surface area contributed by atoms with E-state index in [9.17, 15) is 27.6 Å². The van der Waals surface area contributed by atoms with E-state index in [0.29, 0.717) is 10.4 Å². The summed E-state index contributed by atoms with van der Waals surface area (Å²) >= 11 is 0.878. The number of nitrogens with zero attached hydrogens (tertiary/aromatic N) is 2. The molecule has 2 aromatic rings. The molecule has 0 fully saturated rings. The predicted molar refractivity (Wildman–Crippen MR) is 82.8 cm³/mol. The average Bonchev–Trinajstić information content (AvgIpc) is 2.74. The molecule has 6 nitrogen and oxygen atoms in total. The highest BCUT2D eigenvalue weighted by molar-refractivity contribution is 7.19. The molecule has 24 heavy (non-hydrogen) atoms. The molecule has 2 heterocycles. The van der Waals surface area contributed by atoms with Gasteiger partial charge in [0.15, 0.2) is 0 Å². The van der Waals surface area contributed by atoms with Crippen molar-refractivity contribution in [2.24, 2.45) is 0 Å². The van der Waals surface area contributed by atoms with Gasteiger partial charge in [-0.2, -0.15) is 13.2 Å². The number of halogens is 3. The van der Waals surface area contributed by atoms with Crippen LogP contribution in [0.2, 0.25) is 0 Å². The number of hydrogen-bond donors (Lipinski definition) is 1. The molecule has 0 radical (unpaired) electrons. The molecule has 0 aliphatic carbocycles. The summed E-state index contributed by atoms with van der Waals surface area (Å²) in [5.74, 6) is -1.12. The minimum absolute atomic E-state index is 0.0170. The van der Waals surface area contributed by atoms with Gasteiger partial charge in [0, 0.05) is 18.0 Å². The number of rotatable bonds is 5. The highest BCUT2D eigenvalue weighted by Crippen LogP contribution is 2.29. The first-order chi connectivity index (χ1) is 11.1. The maximum absolute atomic E-state index is 12.5. The van der Waals surface area contributed by atoms with Crippen LogP contribution >= 0.6 is 11.3 Å². The minimum atomic E-state index is -4.45. The monoisotopic (exact) mass is 364 g/mol. The number of alkyl halides is 3. The Morgan fingerprint density at radius 2 is 1.88 bits per heavy atom. The summed E-state index contributed by atoms with van der Waals surface area (Å²) in [4.78, 5) is 36.1. The molecule has 10 heteroatoms. The van der Waals surface area contributed by atoms with E-state index in [4.69, 9.17) is 5.11 Å². The Labute approximate surface area is 137 Å². The van der Waals surface area contributed by atoms with Gasteiger partial charge in [-0.1, -0.05) is 0 Å². The molecule has 0 saturated carbocycles. The van der Waals surface area contributed by atoms with Crippen LogP contribution in [0.15, 0.2) is 9.59 Å². The van der Waals surface area contributed by atoms with E-state index in [1.54, 1.807) is 6.92 Å². The summed E-state index contributed by atoms with van der Waals surface area (Å²) in [6.45, 7) is 2.48. The van der Waals surface area contributed by atoms with E-state index >= 15 is 0 Å². The highest BCUT2D eigenvalue weighted by atomic mass is 32.1. The maximum Gasteiger partial charge on any atom is 0.390 e. The van der Waals surface area contributed by atoms with Gasteiger partial charge in [-0.05, 0) is 19.4 Å². The van der Waals surface area contributed by atoms with Gasteiger partial charge >= 0.3 is 17.8 Å². The van der Waals surface area contributed by atoms with Crippen molar-refractivity contribution in [3.63, 3.8) is 0 Å². The number of aliphatic carboxylic acids is 1. The molecule has 0 unspecified atom stereocenters. The van der Waals surface area contributed by atoms with Crippen molar-refractivity contribution in [3.05, 3.63) is 31.3 Å². The van der Waals surface area contributed by atoms with E-state index in [2.05, 4.69) is 0 Å². The van der Waals surface area contributed by atoms with Gasteiger partial charge < -0.3 is 5.11 Å². The van der Waals surface area contributed by atoms with Crippen LogP contribution < -0.4 is 11.2 Å². The number of carboxylic acids is 1. The first kappa shape index (κ1) is 18.2. The third kappa shape index (κ3) is 3.37. The Hall–Kier alpha value is -2.10. The zero-order valence-corrected chi connectivity index (χ0v) is 13.8. The summed E-state index contributed by atoms with van der Waals surface area (Å²) in [5.41, 5.74) is -1.03. The van der Waals surface area contributed by atoms with Gasteiger partial charge in [-0.3, -0.25) is 18.7 Å². The van der Waals surface area contributed by atoms with Crippen molar-refractivity contribution < 1.29 is 23.1 Å². The molecular weight excluding hydrogens is 349 g/mol. The topological polar surface area (TPSA) is 81.3 Å². The van der Waals surface area contributed by atoms with Gasteiger partial charge in [0.25, 0.3) is 5.56 Å². The van der Waals surface area contributed by atoms with Gasteiger partial charge in [0.05, 0.1) is 18.2 Å². The third-order valence-electron chi connectivity index (χ3n) is 3.64. The molecular formula is C14H15F3N2O4S. The second-order valence-corrected chi connectivity index (χ2v) is 6.33. The van der Waals surface area contributed by atoms with Gasteiger partial charge in [0.1, 0.15) is 4.83 Å². The molecule has 2 rings (SSSR count). The Morgan fingerprint density at radius 1 is 1.25 bits per heavy atom. The zero-order chi connectivity index (χ0) is 18.2. The molecule has 0 saturated heterocycles. The number of carboxylic acid groups (broad SMARTS) is 1. The fourth-order valence-corrected chi connectivity index (χ4v) is 3.77. The van der Waals surface area contributed by atoms with Crippen LogP contribution in [0.3, 0.4) is 0 Å². The molecule has 2 aromatic heterocycles. The zero-order valence-electron chi connectivity index (χ0n) is 12.9. The molecule has 0 bridgehead atoms. The predicted octanol–water partition coefficient (Wildman–Crippen LogP) is 2.13. The fraction of sp³-hybridized carbons (Fsp3) is 0.500. The summed E-state index contributed by atoms with van der Waals surface area (Å²) in [7, 11) is 0. The molecule has 0 aliphatic rings. The van der Waals surface area contributed by atoms with E-state index in [1.165, 1.54) is 6.92 Å². The van der Waals surface area contributed by atoms with Crippen molar-refractivity contribution in [3.8, 4) is 0 Å². The quantitative estimate of drug-likeness (QED) is 0.881. The molecule has 0 aromatic carbocycles. The Kier molecular flexibility index (Phi) is 4.88. The smallest absolute Gasteiger partial charge is 0.390 e. The number of aryl methyl sites for hydroxylation is 2. The van der Waals surface area contributed by atoms with Crippen LogP contribution in [-0.4, -0.2) is 26.4 Å². The molecule has 0 spiro atoms. The van der Waals surface area contributed by atoms with Crippen LogP contribution in [0.4, 0.5) is 13.2 Å². The van der Waals surface area contributed by atoms with Crippen molar-refractivity contribution in [1.82, 2.24) is 9.13 Å². The third-order valence-corrected chi connectivity index (χ3v) is 4.95. The van der Waals surface area contributed by atoms with E-state index in [1.807, 2.05) is 0 Å². The van der Waals surface area contributed by atoms with E-state index in [0.717, 1.165) is 20.5 Å². The van der Waals surface area contributed by atoms with Crippen molar-refractivity contribution in [1.29, 1.82) is 0 Å². The van der Waals surface area contributed by atoms with Gasteiger partial charge in [-0.25, -0.2) is 4.79 Å². The highest BCUT2D eigenvalue weighted by Gasteiger charge is 2.28. The SMILES string of the molecule is CCn1c(=O)c2c(C)c(CC(=O)O)sc2n(CCC(F)(F)F)c1=O. The lowest BCUT2D eigenvalue weighted by atomic mass is 10.2. The van der Waals surface area contributed by atoms with Crippen LogP contribution in [-0.2, 0) is 24.3 Å². The number of carbonyl (C=O) groups is 1. The molecule has 132 valence electrons. The molecule has 0 atom stereocenters. The van der Waals surface area contributed by atoms with Gasteiger partial charge in [-0.15, -0.1) is 11.3 Å². The standard InChI is InChI=1S/C14H15F3N2O4S/c1-3-18-11(22)10-7(2)8(6-9(20)21)24-12(10)19(13(18)23)5-4-14(15,16)17/h3-6H2,1-2H3,(H,20,21). The lowest BCUT2D eigenvalue weighted by molar-refractivity contribution is -0.137. The van der Waals surface area contributed by atoms with Crippen LogP contribution in [0, 0.1) is 6.92 Å². The second kappa shape index (κ2) is 6.42. The van der Waals surface area contributed by atoms with Gasteiger partial charge in [0.2, 0.25) is 0 Å². The number of fused-ring (bicyclic) bond motifs is 1. The van der Waals surface area contributed by atoms with Crippen LogP contribution in [0.1, 0.15) is 23.8 Å². The van der Waals surface area contributed by atoms with Crippen molar-refractivity contribution in [2.45, 2.75) is 46.0 Å². The maximum atomic E-state index is 12.5. The number of aromatic nitrogens is 2. The number of thiophene rings is 1. The summed E-state index contributed by atoms with van der Waals surface area (Å²) in [6.07, 6.45) is -6.02. The fourth-order valence-electron chi connectivity index (χ4n) is 2.46. The largest absolute Gasteiger partial charge is 0.481 e. The lowest BCUT2D eigenvalue weighted by Gasteiger charge is -2.12. The molecule has 1 N–H and O–H groups in total. The van der Waals surface area contributed by atoms with Crippen molar-refractivity contribution >= 4 is 27.5 Å². The first-order valence-electron chi connectivity index (χ1n) is 7.11.